The fraction of sp³-hybridized carbons (Fsp3) is 0.154. The molecule has 0 radical (unpaired) electrons. The highest BCUT2D eigenvalue weighted by molar-refractivity contribution is 5.94. The number of benzene rings is 1. The van der Waals surface area contributed by atoms with Crippen LogP contribution >= 0.6 is 0 Å². The van der Waals surface area contributed by atoms with Gasteiger partial charge in [0.2, 0.25) is 0 Å². The van der Waals surface area contributed by atoms with Crippen LogP contribution in [0.5, 0.6) is 0 Å². The third kappa shape index (κ3) is 2.29. The number of hydrogen-bond acceptors (Lipinski definition) is 4. The van der Waals surface area contributed by atoms with Gasteiger partial charge in [0.05, 0.1) is 10.3 Å². The summed E-state index contributed by atoms with van der Waals surface area (Å²) in [4.78, 5) is 14.4. The first-order valence-corrected chi connectivity index (χ1v) is 5.44. The van der Waals surface area contributed by atoms with Gasteiger partial charge < -0.3 is 5.73 Å². The molecule has 2 N–H and O–H groups in total. The summed E-state index contributed by atoms with van der Waals surface area (Å²) in [5.74, 6) is 5.90. The highest BCUT2D eigenvalue weighted by atomic mass is 16.6. The van der Waals surface area contributed by atoms with Crippen molar-refractivity contribution < 1.29 is 4.92 Å². The third-order valence-electron chi connectivity index (χ3n) is 2.48. The maximum absolute atomic E-state index is 10.9. The zero-order valence-electron chi connectivity index (χ0n) is 9.59. The number of aromatic nitrogens is 1. The molecule has 5 nitrogen and oxygen atoms in total. The Hall–Kier alpha value is -2.45. The lowest BCUT2D eigenvalue weighted by molar-refractivity contribution is -0.383. The number of pyridine rings is 1. The molecule has 0 unspecified atom stereocenters. The van der Waals surface area contributed by atoms with Crippen molar-refractivity contribution in [1.82, 2.24) is 4.98 Å². The molecule has 0 spiro atoms. The Bertz CT molecular complexity index is 656. The number of non-ortho nitro benzene ring substituents is 1. The van der Waals surface area contributed by atoms with Crippen molar-refractivity contribution in [3.05, 3.63) is 46.3 Å². The molecule has 90 valence electrons. The quantitative estimate of drug-likeness (QED) is 0.494. The van der Waals surface area contributed by atoms with Crippen LogP contribution in [-0.2, 0) is 0 Å². The molecule has 1 aromatic carbocycles. The molecule has 0 amide bonds. The fourth-order valence-electron chi connectivity index (χ4n) is 1.67. The van der Waals surface area contributed by atoms with Gasteiger partial charge in [-0.3, -0.25) is 15.1 Å². The Morgan fingerprint density at radius 1 is 1.33 bits per heavy atom. The summed E-state index contributed by atoms with van der Waals surface area (Å²) in [6.45, 7) is 0.499. The standard InChI is InChI=1S/C13H11N3O2/c14-7-2-1-3-10-4-5-13(16(17)18)12-9-15-8-6-11(10)12/h4-6,8-9H,2,7,14H2. The van der Waals surface area contributed by atoms with Crippen LogP contribution in [0.15, 0.2) is 30.6 Å². The van der Waals surface area contributed by atoms with E-state index in [1.165, 1.54) is 12.3 Å². The van der Waals surface area contributed by atoms with Crippen LogP contribution in [0.25, 0.3) is 10.8 Å². The molecule has 2 aromatic rings. The molecular formula is C13H11N3O2. The van der Waals surface area contributed by atoms with Crippen molar-refractivity contribution >= 4 is 16.5 Å². The van der Waals surface area contributed by atoms with Crippen molar-refractivity contribution in [2.24, 2.45) is 5.73 Å². The molecule has 0 aliphatic rings. The molecular weight excluding hydrogens is 230 g/mol. The van der Waals surface area contributed by atoms with Crippen LogP contribution in [-0.4, -0.2) is 16.5 Å². The van der Waals surface area contributed by atoms with Crippen LogP contribution in [0, 0.1) is 22.0 Å². The monoisotopic (exact) mass is 241 g/mol. The average Bonchev–Trinajstić information content (AvgIpc) is 2.38. The SMILES string of the molecule is NCCC#Cc1ccc([N+](=O)[O-])c2cnccc12. The highest BCUT2D eigenvalue weighted by Crippen LogP contribution is 2.26. The van der Waals surface area contributed by atoms with Crippen molar-refractivity contribution in [2.45, 2.75) is 6.42 Å². The van der Waals surface area contributed by atoms with E-state index in [9.17, 15) is 10.1 Å². The second kappa shape index (κ2) is 5.25. The fourth-order valence-corrected chi connectivity index (χ4v) is 1.67. The Kier molecular flexibility index (Phi) is 3.51. The van der Waals surface area contributed by atoms with Gasteiger partial charge >= 0.3 is 0 Å². The number of nitro benzene ring substituents is 1. The summed E-state index contributed by atoms with van der Waals surface area (Å²) < 4.78 is 0. The zero-order valence-corrected chi connectivity index (χ0v) is 9.59. The Morgan fingerprint density at radius 3 is 2.89 bits per heavy atom. The van der Waals surface area contributed by atoms with Gasteiger partial charge in [-0.25, -0.2) is 0 Å². The molecule has 0 saturated heterocycles. The van der Waals surface area contributed by atoms with Gasteiger partial charge in [0, 0.05) is 42.4 Å². The van der Waals surface area contributed by atoms with Gasteiger partial charge in [-0.15, -0.1) is 0 Å². The number of rotatable bonds is 2. The highest BCUT2D eigenvalue weighted by Gasteiger charge is 2.13. The van der Waals surface area contributed by atoms with E-state index >= 15 is 0 Å². The van der Waals surface area contributed by atoms with Crippen LogP contribution in [0.3, 0.4) is 0 Å². The minimum absolute atomic E-state index is 0.0440. The molecule has 1 heterocycles. The Balaban J connectivity index is 2.62. The molecule has 0 saturated carbocycles. The average molecular weight is 241 g/mol. The lowest BCUT2D eigenvalue weighted by Crippen LogP contribution is -1.95. The lowest BCUT2D eigenvalue weighted by atomic mass is 10.1. The summed E-state index contributed by atoms with van der Waals surface area (Å²) in [5.41, 5.74) is 6.17. The van der Waals surface area contributed by atoms with E-state index < -0.39 is 4.92 Å². The molecule has 0 aliphatic heterocycles. The van der Waals surface area contributed by atoms with Gasteiger partial charge in [-0.2, -0.15) is 0 Å². The van der Waals surface area contributed by atoms with Gasteiger partial charge in [0.25, 0.3) is 5.69 Å². The summed E-state index contributed by atoms with van der Waals surface area (Å²) >= 11 is 0. The van der Waals surface area contributed by atoms with Gasteiger partial charge in [0.15, 0.2) is 0 Å². The Morgan fingerprint density at radius 2 is 2.17 bits per heavy atom. The smallest absolute Gasteiger partial charge is 0.278 e. The summed E-state index contributed by atoms with van der Waals surface area (Å²) in [6, 6.07) is 4.84. The zero-order chi connectivity index (χ0) is 13.0. The van der Waals surface area contributed by atoms with Crippen LogP contribution in [0.1, 0.15) is 12.0 Å². The molecule has 18 heavy (non-hydrogen) atoms. The second-order valence-corrected chi connectivity index (χ2v) is 3.65. The first-order chi connectivity index (χ1) is 8.74. The number of nitrogens with two attached hydrogens (primary N) is 1. The van der Waals surface area contributed by atoms with E-state index in [2.05, 4.69) is 16.8 Å². The molecule has 5 heteroatoms. The van der Waals surface area contributed by atoms with Crippen molar-refractivity contribution in [3.63, 3.8) is 0 Å². The number of hydrogen-bond donors (Lipinski definition) is 1. The van der Waals surface area contributed by atoms with Crippen molar-refractivity contribution in [1.29, 1.82) is 0 Å². The van der Waals surface area contributed by atoms with Crippen LogP contribution < -0.4 is 5.73 Å². The predicted molar refractivity (Wildman–Crippen MR) is 68.9 cm³/mol. The van der Waals surface area contributed by atoms with E-state index in [4.69, 9.17) is 5.73 Å². The van der Waals surface area contributed by atoms with E-state index in [0.717, 1.165) is 10.9 Å². The normalized spacial score (nSPS) is 9.83. The maximum atomic E-state index is 10.9. The van der Waals surface area contributed by atoms with Gasteiger partial charge in [-0.1, -0.05) is 11.8 Å². The third-order valence-corrected chi connectivity index (χ3v) is 2.48. The van der Waals surface area contributed by atoms with E-state index in [0.29, 0.717) is 18.4 Å². The molecule has 2 rings (SSSR count). The molecule has 0 bridgehead atoms. The minimum atomic E-state index is -0.416. The lowest BCUT2D eigenvalue weighted by Gasteiger charge is -2.01. The van der Waals surface area contributed by atoms with Crippen molar-refractivity contribution in [3.8, 4) is 11.8 Å². The van der Waals surface area contributed by atoms with E-state index in [-0.39, 0.29) is 5.69 Å². The minimum Gasteiger partial charge on any atom is -0.330 e. The number of fused-ring (bicyclic) bond motifs is 1. The van der Waals surface area contributed by atoms with Gasteiger partial charge in [0.1, 0.15) is 0 Å². The summed E-state index contributed by atoms with van der Waals surface area (Å²) in [5, 5.41) is 12.2. The molecule has 1 aromatic heterocycles. The summed E-state index contributed by atoms with van der Waals surface area (Å²) in [7, 11) is 0. The van der Waals surface area contributed by atoms with E-state index in [1.54, 1.807) is 18.3 Å². The topological polar surface area (TPSA) is 82.0 Å². The molecule has 0 aliphatic carbocycles. The molecule has 0 fully saturated rings. The first kappa shape index (κ1) is 12.0. The largest absolute Gasteiger partial charge is 0.330 e. The Labute approximate surface area is 104 Å². The van der Waals surface area contributed by atoms with Gasteiger partial charge in [-0.05, 0) is 12.1 Å². The van der Waals surface area contributed by atoms with Crippen LogP contribution in [0.2, 0.25) is 0 Å². The molecule has 0 atom stereocenters. The summed E-state index contributed by atoms with van der Waals surface area (Å²) in [6.07, 6.45) is 3.69. The predicted octanol–water partition coefficient (Wildman–Crippen LogP) is 1.84. The number of nitro groups is 1. The number of nitrogens with zero attached hydrogens (tertiary/aromatic N) is 2. The van der Waals surface area contributed by atoms with Crippen LogP contribution in [0.4, 0.5) is 5.69 Å². The van der Waals surface area contributed by atoms with Crippen molar-refractivity contribution in [2.75, 3.05) is 6.54 Å². The van der Waals surface area contributed by atoms with E-state index in [1.807, 2.05) is 0 Å². The maximum Gasteiger partial charge on any atom is 0.278 e. The first-order valence-electron chi connectivity index (χ1n) is 5.44. The second-order valence-electron chi connectivity index (χ2n) is 3.65.